The molecular weight excluding hydrogens is 230 g/mol. The molecule has 1 unspecified atom stereocenters. The van der Waals surface area contributed by atoms with Crippen LogP contribution in [-0.2, 0) is 0 Å². The maximum atomic E-state index is 5.74. The molecule has 0 spiro atoms. The summed E-state index contributed by atoms with van der Waals surface area (Å²) in [7, 11) is 0. The Morgan fingerprint density at radius 3 is 2.12 bits per heavy atom. The van der Waals surface area contributed by atoms with Crippen LogP contribution in [0, 0.1) is 0 Å². The van der Waals surface area contributed by atoms with Gasteiger partial charge in [-0.15, -0.1) is 4.98 Å². The van der Waals surface area contributed by atoms with Gasteiger partial charge < -0.3 is 9.47 Å². The predicted molar refractivity (Wildman–Crippen MR) is 61.0 cm³/mol. The molecule has 6 heteroatoms. The van der Waals surface area contributed by atoms with Gasteiger partial charge in [-0.1, -0.05) is 6.92 Å². The van der Waals surface area contributed by atoms with Crippen LogP contribution in [0.2, 0.25) is 5.28 Å². The summed E-state index contributed by atoms with van der Waals surface area (Å²) in [6.45, 7) is 7.71. The fourth-order valence-electron chi connectivity index (χ4n) is 0.894. The second kappa shape index (κ2) is 5.84. The third-order valence-electron chi connectivity index (χ3n) is 1.79. The van der Waals surface area contributed by atoms with Gasteiger partial charge in [0.15, 0.2) is 0 Å². The first kappa shape index (κ1) is 13.0. The molecule has 0 bridgehead atoms. The van der Waals surface area contributed by atoms with E-state index in [2.05, 4.69) is 15.0 Å². The van der Waals surface area contributed by atoms with Gasteiger partial charge in [0.1, 0.15) is 0 Å². The predicted octanol–water partition coefficient (Wildman–Crippen LogP) is 2.49. The minimum atomic E-state index is -0.0186. The van der Waals surface area contributed by atoms with E-state index < -0.39 is 0 Å². The molecule has 16 heavy (non-hydrogen) atoms. The van der Waals surface area contributed by atoms with Crippen molar-refractivity contribution in [1.29, 1.82) is 0 Å². The average molecular weight is 246 g/mol. The van der Waals surface area contributed by atoms with E-state index in [9.17, 15) is 0 Å². The summed E-state index contributed by atoms with van der Waals surface area (Å²) in [4.78, 5) is 11.7. The zero-order valence-corrected chi connectivity index (χ0v) is 10.7. The first-order valence-corrected chi connectivity index (χ1v) is 5.64. The molecule has 90 valence electrons. The molecular formula is C10H16ClN3O2. The summed E-state index contributed by atoms with van der Waals surface area (Å²) in [6, 6.07) is 0.387. The maximum absolute atomic E-state index is 5.74. The molecule has 0 N–H and O–H groups in total. The van der Waals surface area contributed by atoms with E-state index in [1.54, 1.807) is 0 Å². The van der Waals surface area contributed by atoms with E-state index in [-0.39, 0.29) is 29.5 Å². The molecule has 0 aliphatic rings. The van der Waals surface area contributed by atoms with E-state index in [0.717, 1.165) is 6.42 Å². The molecule has 1 rings (SSSR count). The molecule has 0 aliphatic heterocycles. The molecule has 1 atom stereocenters. The minimum absolute atomic E-state index is 0.0186. The van der Waals surface area contributed by atoms with Gasteiger partial charge in [0.25, 0.3) is 0 Å². The van der Waals surface area contributed by atoms with E-state index in [1.807, 2.05) is 27.7 Å². The summed E-state index contributed by atoms with van der Waals surface area (Å²) >= 11 is 5.74. The third-order valence-corrected chi connectivity index (χ3v) is 1.96. The summed E-state index contributed by atoms with van der Waals surface area (Å²) in [5.41, 5.74) is 0. The molecule has 5 nitrogen and oxygen atoms in total. The Bertz CT molecular complexity index is 347. The van der Waals surface area contributed by atoms with Gasteiger partial charge in [0.05, 0.1) is 12.2 Å². The lowest BCUT2D eigenvalue weighted by molar-refractivity contribution is 0.183. The fraction of sp³-hybridized carbons (Fsp3) is 0.700. The highest BCUT2D eigenvalue weighted by Gasteiger charge is 2.10. The lowest BCUT2D eigenvalue weighted by Crippen LogP contribution is -2.14. The Balaban J connectivity index is 2.81. The Kier molecular flexibility index (Phi) is 4.73. The van der Waals surface area contributed by atoms with Crippen LogP contribution in [0.3, 0.4) is 0 Å². The maximum Gasteiger partial charge on any atom is 0.324 e. The van der Waals surface area contributed by atoms with E-state index in [0.29, 0.717) is 0 Å². The standard InChI is InChI=1S/C10H16ClN3O2/c1-5-7(4)16-10-13-8(11)12-9(14-10)15-6(2)3/h6-7H,5H2,1-4H3. The van der Waals surface area contributed by atoms with Crippen molar-refractivity contribution in [2.45, 2.75) is 46.3 Å². The number of rotatable bonds is 5. The molecule has 0 amide bonds. The molecule has 0 fully saturated rings. The van der Waals surface area contributed by atoms with E-state index >= 15 is 0 Å². The van der Waals surface area contributed by atoms with Crippen molar-refractivity contribution in [3.05, 3.63) is 5.28 Å². The van der Waals surface area contributed by atoms with Crippen molar-refractivity contribution in [3.8, 4) is 12.0 Å². The molecule has 1 heterocycles. The summed E-state index contributed by atoms with van der Waals surface area (Å²) < 4.78 is 10.8. The second-order valence-corrected chi connectivity index (χ2v) is 4.01. The van der Waals surface area contributed by atoms with E-state index in [4.69, 9.17) is 21.1 Å². The molecule has 0 saturated heterocycles. The average Bonchev–Trinajstić information content (AvgIpc) is 2.15. The van der Waals surface area contributed by atoms with Crippen LogP contribution in [0.1, 0.15) is 34.1 Å². The lowest BCUT2D eigenvalue weighted by Gasteiger charge is -2.12. The van der Waals surface area contributed by atoms with Gasteiger partial charge in [-0.3, -0.25) is 0 Å². The van der Waals surface area contributed by atoms with Gasteiger partial charge in [-0.05, 0) is 38.8 Å². The van der Waals surface area contributed by atoms with Crippen LogP contribution in [0.15, 0.2) is 0 Å². The van der Waals surface area contributed by atoms with Crippen LogP contribution in [0.4, 0.5) is 0 Å². The van der Waals surface area contributed by atoms with Crippen molar-refractivity contribution >= 4 is 11.6 Å². The monoisotopic (exact) mass is 245 g/mol. The lowest BCUT2D eigenvalue weighted by atomic mass is 10.3. The van der Waals surface area contributed by atoms with Crippen LogP contribution in [0.25, 0.3) is 0 Å². The van der Waals surface area contributed by atoms with Crippen molar-refractivity contribution in [1.82, 2.24) is 15.0 Å². The number of aromatic nitrogens is 3. The third kappa shape index (κ3) is 4.18. The number of ether oxygens (including phenoxy) is 2. The number of halogens is 1. The van der Waals surface area contributed by atoms with Crippen molar-refractivity contribution in [2.75, 3.05) is 0 Å². The van der Waals surface area contributed by atoms with Gasteiger partial charge >= 0.3 is 12.0 Å². The fourth-order valence-corrected chi connectivity index (χ4v) is 1.04. The quantitative estimate of drug-likeness (QED) is 0.798. The van der Waals surface area contributed by atoms with Crippen molar-refractivity contribution in [2.24, 2.45) is 0 Å². The Morgan fingerprint density at radius 1 is 1.06 bits per heavy atom. The highest BCUT2D eigenvalue weighted by Crippen LogP contribution is 2.15. The number of nitrogens with zero attached hydrogens (tertiary/aromatic N) is 3. The summed E-state index contributed by atoms with van der Waals surface area (Å²) in [5.74, 6) is 0. The van der Waals surface area contributed by atoms with Crippen LogP contribution in [0.5, 0.6) is 12.0 Å². The zero-order valence-electron chi connectivity index (χ0n) is 9.90. The Morgan fingerprint density at radius 2 is 1.62 bits per heavy atom. The summed E-state index contributed by atoms with van der Waals surface area (Å²) in [6.07, 6.45) is 0.879. The normalized spacial score (nSPS) is 12.6. The molecule has 0 radical (unpaired) electrons. The van der Waals surface area contributed by atoms with Crippen molar-refractivity contribution in [3.63, 3.8) is 0 Å². The Hall–Kier alpha value is -1.10. The smallest absolute Gasteiger partial charge is 0.324 e. The minimum Gasteiger partial charge on any atom is -0.461 e. The van der Waals surface area contributed by atoms with Crippen LogP contribution >= 0.6 is 11.6 Å². The molecule has 1 aromatic heterocycles. The highest BCUT2D eigenvalue weighted by atomic mass is 35.5. The summed E-state index contributed by atoms with van der Waals surface area (Å²) in [5, 5.41) is 0.0731. The van der Waals surface area contributed by atoms with Crippen LogP contribution < -0.4 is 9.47 Å². The second-order valence-electron chi connectivity index (χ2n) is 3.67. The molecule has 0 aromatic carbocycles. The Labute approximate surface area is 100 Å². The van der Waals surface area contributed by atoms with Gasteiger partial charge in [-0.25, -0.2) is 0 Å². The first-order chi connectivity index (χ1) is 7.51. The number of hydrogen-bond donors (Lipinski definition) is 0. The van der Waals surface area contributed by atoms with Crippen LogP contribution in [-0.4, -0.2) is 27.2 Å². The first-order valence-electron chi connectivity index (χ1n) is 5.26. The van der Waals surface area contributed by atoms with Gasteiger partial charge in [0, 0.05) is 0 Å². The highest BCUT2D eigenvalue weighted by molar-refractivity contribution is 6.28. The van der Waals surface area contributed by atoms with Gasteiger partial charge in [0.2, 0.25) is 5.28 Å². The SMILES string of the molecule is CCC(C)Oc1nc(Cl)nc(OC(C)C)n1. The molecule has 0 saturated carbocycles. The molecule has 1 aromatic rings. The molecule has 0 aliphatic carbocycles. The number of hydrogen-bond acceptors (Lipinski definition) is 5. The van der Waals surface area contributed by atoms with Gasteiger partial charge in [-0.2, -0.15) is 9.97 Å². The largest absolute Gasteiger partial charge is 0.461 e. The van der Waals surface area contributed by atoms with E-state index in [1.165, 1.54) is 0 Å². The zero-order chi connectivity index (χ0) is 12.1. The van der Waals surface area contributed by atoms with Crippen molar-refractivity contribution < 1.29 is 9.47 Å². The topological polar surface area (TPSA) is 57.1 Å².